The molecule has 4 nitrogen and oxygen atoms in total. The number of nitrogens with one attached hydrogen (secondary N) is 1. The standard InChI is InChI=1S/C16H27N3O/c1-13(2)18-10-14-6-7-17-16(9-14)19(3)11-15-5-4-8-20-12-15/h6-7,9,13,15,18H,4-5,8,10-12H2,1-3H3. The molecule has 0 amide bonds. The molecule has 1 saturated heterocycles. The highest BCUT2D eigenvalue weighted by atomic mass is 16.5. The van der Waals surface area contributed by atoms with E-state index < -0.39 is 0 Å². The van der Waals surface area contributed by atoms with Gasteiger partial charge in [-0.15, -0.1) is 0 Å². The molecule has 2 rings (SSSR count). The Balaban J connectivity index is 1.91. The zero-order valence-corrected chi connectivity index (χ0v) is 12.9. The predicted molar refractivity (Wildman–Crippen MR) is 83.0 cm³/mol. The molecule has 4 heteroatoms. The first-order chi connectivity index (χ1) is 9.65. The van der Waals surface area contributed by atoms with Crippen molar-refractivity contribution in [3.8, 4) is 0 Å². The molecule has 20 heavy (non-hydrogen) atoms. The molecular formula is C16H27N3O. The molecule has 0 aromatic carbocycles. The van der Waals surface area contributed by atoms with Crippen LogP contribution in [-0.4, -0.2) is 37.8 Å². The van der Waals surface area contributed by atoms with E-state index in [2.05, 4.69) is 48.2 Å². The Labute approximate surface area is 122 Å². The normalized spacial score (nSPS) is 19.3. The van der Waals surface area contributed by atoms with Crippen LogP contribution in [0.15, 0.2) is 18.3 Å². The molecule has 1 fully saturated rings. The van der Waals surface area contributed by atoms with E-state index in [-0.39, 0.29) is 0 Å². The maximum Gasteiger partial charge on any atom is 0.128 e. The summed E-state index contributed by atoms with van der Waals surface area (Å²) in [7, 11) is 2.12. The van der Waals surface area contributed by atoms with E-state index in [0.717, 1.165) is 32.1 Å². The number of hydrogen-bond acceptors (Lipinski definition) is 4. The quantitative estimate of drug-likeness (QED) is 0.866. The van der Waals surface area contributed by atoms with Crippen LogP contribution in [0.1, 0.15) is 32.3 Å². The second-order valence-electron chi connectivity index (χ2n) is 6.02. The number of anilines is 1. The molecule has 0 spiro atoms. The van der Waals surface area contributed by atoms with Gasteiger partial charge in [-0.2, -0.15) is 0 Å². The third-order valence-corrected chi connectivity index (χ3v) is 3.70. The fraction of sp³-hybridized carbons (Fsp3) is 0.688. The van der Waals surface area contributed by atoms with Gasteiger partial charge in [0, 0.05) is 39.0 Å². The minimum absolute atomic E-state index is 0.503. The minimum atomic E-state index is 0.503. The van der Waals surface area contributed by atoms with Crippen LogP contribution in [0, 0.1) is 5.92 Å². The van der Waals surface area contributed by atoms with Gasteiger partial charge in [0.25, 0.3) is 0 Å². The number of nitrogens with zero attached hydrogens (tertiary/aromatic N) is 2. The van der Waals surface area contributed by atoms with Gasteiger partial charge in [-0.1, -0.05) is 13.8 Å². The first-order valence-corrected chi connectivity index (χ1v) is 7.62. The number of ether oxygens (including phenoxy) is 1. The summed E-state index contributed by atoms with van der Waals surface area (Å²) in [6.07, 6.45) is 4.35. The molecule has 2 heterocycles. The fourth-order valence-electron chi connectivity index (χ4n) is 2.53. The molecule has 1 unspecified atom stereocenters. The van der Waals surface area contributed by atoms with Gasteiger partial charge in [-0.25, -0.2) is 4.98 Å². The smallest absolute Gasteiger partial charge is 0.128 e. The molecule has 1 aliphatic heterocycles. The molecule has 0 radical (unpaired) electrons. The summed E-state index contributed by atoms with van der Waals surface area (Å²) >= 11 is 0. The molecule has 1 aromatic heterocycles. The Hall–Kier alpha value is -1.13. The van der Waals surface area contributed by atoms with Crippen molar-refractivity contribution in [3.63, 3.8) is 0 Å². The highest BCUT2D eigenvalue weighted by molar-refractivity contribution is 5.40. The Morgan fingerprint density at radius 3 is 3.05 bits per heavy atom. The van der Waals surface area contributed by atoms with E-state index in [1.54, 1.807) is 0 Å². The SMILES string of the molecule is CC(C)NCc1ccnc(N(C)CC2CCCOC2)c1. The number of rotatable bonds is 6. The summed E-state index contributed by atoms with van der Waals surface area (Å²) in [6.45, 7) is 8.06. The molecular weight excluding hydrogens is 250 g/mol. The van der Waals surface area contributed by atoms with Crippen LogP contribution in [0.3, 0.4) is 0 Å². The first kappa shape index (κ1) is 15.3. The lowest BCUT2D eigenvalue weighted by Gasteiger charge is -2.28. The highest BCUT2D eigenvalue weighted by Crippen LogP contribution is 2.18. The van der Waals surface area contributed by atoms with Crippen molar-refractivity contribution in [1.82, 2.24) is 10.3 Å². The van der Waals surface area contributed by atoms with Crippen LogP contribution in [0.2, 0.25) is 0 Å². The van der Waals surface area contributed by atoms with Crippen LogP contribution in [-0.2, 0) is 11.3 Å². The van der Waals surface area contributed by atoms with Crippen molar-refractivity contribution in [2.24, 2.45) is 5.92 Å². The van der Waals surface area contributed by atoms with E-state index >= 15 is 0 Å². The Morgan fingerprint density at radius 2 is 2.35 bits per heavy atom. The van der Waals surface area contributed by atoms with Crippen LogP contribution in [0.25, 0.3) is 0 Å². The van der Waals surface area contributed by atoms with Gasteiger partial charge in [0.2, 0.25) is 0 Å². The third kappa shape index (κ3) is 4.76. The average Bonchev–Trinajstić information content (AvgIpc) is 2.46. The fourth-order valence-corrected chi connectivity index (χ4v) is 2.53. The maximum absolute atomic E-state index is 5.55. The predicted octanol–water partition coefficient (Wildman–Crippen LogP) is 2.44. The van der Waals surface area contributed by atoms with Gasteiger partial charge in [-0.05, 0) is 36.5 Å². The van der Waals surface area contributed by atoms with Gasteiger partial charge >= 0.3 is 0 Å². The van der Waals surface area contributed by atoms with Gasteiger partial charge in [0.1, 0.15) is 5.82 Å². The van der Waals surface area contributed by atoms with E-state index in [9.17, 15) is 0 Å². The lowest BCUT2D eigenvalue weighted by molar-refractivity contribution is 0.0576. The van der Waals surface area contributed by atoms with Gasteiger partial charge in [0.15, 0.2) is 0 Å². The van der Waals surface area contributed by atoms with Crippen molar-refractivity contribution in [3.05, 3.63) is 23.9 Å². The van der Waals surface area contributed by atoms with Crippen LogP contribution in [0.4, 0.5) is 5.82 Å². The summed E-state index contributed by atoms with van der Waals surface area (Å²) in [6, 6.07) is 4.76. The zero-order chi connectivity index (χ0) is 14.4. The minimum Gasteiger partial charge on any atom is -0.381 e. The molecule has 1 atom stereocenters. The van der Waals surface area contributed by atoms with Gasteiger partial charge < -0.3 is 15.0 Å². The lowest BCUT2D eigenvalue weighted by atomic mass is 10.0. The van der Waals surface area contributed by atoms with Crippen molar-refractivity contribution in [1.29, 1.82) is 0 Å². The Morgan fingerprint density at radius 1 is 1.50 bits per heavy atom. The van der Waals surface area contributed by atoms with Crippen molar-refractivity contribution >= 4 is 5.82 Å². The molecule has 0 aliphatic carbocycles. The Bertz CT molecular complexity index is 402. The summed E-state index contributed by atoms with van der Waals surface area (Å²) in [5, 5.41) is 3.44. The van der Waals surface area contributed by atoms with E-state index in [1.807, 2.05) is 6.20 Å². The van der Waals surface area contributed by atoms with E-state index in [1.165, 1.54) is 18.4 Å². The van der Waals surface area contributed by atoms with Crippen molar-refractivity contribution in [2.45, 2.75) is 39.3 Å². The number of aromatic nitrogens is 1. The van der Waals surface area contributed by atoms with E-state index in [0.29, 0.717) is 12.0 Å². The topological polar surface area (TPSA) is 37.4 Å². The van der Waals surface area contributed by atoms with Gasteiger partial charge in [-0.3, -0.25) is 0 Å². The third-order valence-electron chi connectivity index (χ3n) is 3.70. The second-order valence-corrected chi connectivity index (χ2v) is 6.02. The van der Waals surface area contributed by atoms with E-state index in [4.69, 9.17) is 4.74 Å². The second kappa shape index (κ2) is 7.60. The molecule has 112 valence electrons. The average molecular weight is 277 g/mol. The first-order valence-electron chi connectivity index (χ1n) is 7.62. The number of pyridine rings is 1. The summed E-state index contributed by atoms with van der Waals surface area (Å²) in [5.41, 5.74) is 1.29. The Kier molecular flexibility index (Phi) is 5.80. The molecule has 1 aromatic rings. The number of hydrogen-bond donors (Lipinski definition) is 1. The van der Waals surface area contributed by atoms with Crippen molar-refractivity contribution in [2.75, 3.05) is 31.7 Å². The monoisotopic (exact) mass is 277 g/mol. The molecule has 0 bridgehead atoms. The van der Waals surface area contributed by atoms with Crippen LogP contribution >= 0.6 is 0 Å². The van der Waals surface area contributed by atoms with Gasteiger partial charge in [0.05, 0.1) is 6.61 Å². The summed E-state index contributed by atoms with van der Waals surface area (Å²) in [5.74, 6) is 1.69. The van der Waals surface area contributed by atoms with Crippen molar-refractivity contribution < 1.29 is 4.74 Å². The van der Waals surface area contributed by atoms with Crippen LogP contribution in [0.5, 0.6) is 0 Å². The maximum atomic E-state index is 5.55. The van der Waals surface area contributed by atoms with Crippen LogP contribution < -0.4 is 10.2 Å². The molecule has 1 N–H and O–H groups in total. The molecule has 0 saturated carbocycles. The summed E-state index contributed by atoms with van der Waals surface area (Å²) < 4.78 is 5.55. The zero-order valence-electron chi connectivity index (χ0n) is 12.9. The molecule has 1 aliphatic rings. The highest BCUT2D eigenvalue weighted by Gasteiger charge is 2.16. The largest absolute Gasteiger partial charge is 0.381 e. The summed E-state index contributed by atoms with van der Waals surface area (Å²) in [4.78, 5) is 6.74. The lowest BCUT2D eigenvalue weighted by Crippen LogP contribution is -2.31.